The summed E-state index contributed by atoms with van der Waals surface area (Å²) in [5.41, 5.74) is 3.23. The van der Waals surface area contributed by atoms with E-state index in [2.05, 4.69) is 17.4 Å². The number of esters is 1. The summed E-state index contributed by atoms with van der Waals surface area (Å²) in [6.45, 7) is 3.47. The molecule has 2 aromatic carbocycles. The van der Waals surface area contributed by atoms with Crippen molar-refractivity contribution in [3.05, 3.63) is 64.5 Å². The molecule has 5 nitrogen and oxygen atoms in total. The molecule has 0 unspecified atom stereocenters. The van der Waals surface area contributed by atoms with Gasteiger partial charge in [-0.25, -0.2) is 9.59 Å². The highest BCUT2D eigenvalue weighted by molar-refractivity contribution is 7.20. The van der Waals surface area contributed by atoms with E-state index in [0.717, 1.165) is 22.2 Å². The maximum absolute atomic E-state index is 12.7. The number of hydrogen-bond acceptors (Lipinski definition) is 4. The molecule has 0 saturated carbocycles. The van der Waals surface area contributed by atoms with E-state index in [0.29, 0.717) is 24.6 Å². The number of nitrogens with one attached hydrogen (secondary N) is 1. The molecule has 2 amide bonds. The van der Waals surface area contributed by atoms with Crippen molar-refractivity contribution in [3.63, 3.8) is 0 Å². The molecule has 1 aliphatic heterocycles. The van der Waals surface area contributed by atoms with Gasteiger partial charge in [0.25, 0.3) is 0 Å². The fourth-order valence-electron chi connectivity index (χ4n) is 3.30. The third-order valence-corrected chi connectivity index (χ3v) is 5.76. The molecule has 0 bridgehead atoms. The predicted molar refractivity (Wildman–Crippen MR) is 107 cm³/mol. The van der Waals surface area contributed by atoms with Crippen molar-refractivity contribution in [2.24, 2.45) is 0 Å². The first-order valence-electron chi connectivity index (χ1n) is 8.97. The van der Waals surface area contributed by atoms with Crippen LogP contribution in [0.3, 0.4) is 0 Å². The van der Waals surface area contributed by atoms with Crippen molar-refractivity contribution in [2.75, 3.05) is 18.5 Å². The second-order valence-corrected chi connectivity index (χ2v) is 7.54. The smallest absolute Gasteiger partial charge is 0.348 e. The monoisotopic (exact) mass is 380 g/mol. The first kappa shape index (κ1) is 17.5. The molecule has 0 saturated heterocycles. The Kier molecular flexibility index (Phi) is 4.81. The molecule has 1 aromatic heterocycles. The lowest BCUT2D eigenvalue weighted by atomic mass is 10.0. The highest BCUT2D eigenvalue weighted by Crippen LogP contribution is 2.29. The molecule has 138 valence electrons. The van der Waals surface area contributed by atoms with Gasteiger partial charge in [-0.3, -0.25) is 0 Å². The zero-order valence-corrected chi connectivity index (χ0v) is 15.8. The molecule has 4 rings (SSSR count). The third kappa shape index (κ3) is 3.66. The van der Waals surface area contributed by atoms with Gasteiger partial charge in [0, 0.05) is 23.5 Å². The van der Waals surface area contributed by atoms with Crippen LogP contribution in [0.5, 0.6) is 0 Å². The summed E-state index contributed by atoms with van der Waals surface area (Å²) in [5, 5.41) is 3.89. The Morgan fingerprint density at radius 2 is 1.96 bits per heavy atom. The maximum Gasteiger partial charge on any atom is 0.348 e. The van der Waals surface area contributed by atoms with Gasteiger partial charge in [-0.1, -0.05) is 24.3 Å². The highest BCUT2D eigenvalue weighted by Gasteiger charge is 2.20. The number of benzene rings is 2. The summed E-state index contributed by atoms with van der Waals surface area (Å²) in [5.74, 6) is -0.309. The Bertz CT molecular complexity index is 1010. The van der Waals surface area contributed by atoms with Crippen LogP contribution in [-0.4, -0.2) is 30.1 Å². The number of ether oxygens (including phenoxy) is 1. The van der Waals surface area contributed by atoms with E-state index >= 15 is 0 Å². The van der Waals surface area contributed by atoms with Crippen molar-refractivity contribution < 1.29 is 14.3 Å². The van der Waals surface area contributed by atoms with Crippen molar-refractivity contribution in [1.82, 2.24) is 4.90 Å². The molecule has 0 atom stereocenters. The number of thiophene rings is 1. The summed E-state index contributed by atoms with van der Waals surface area (Å²) in [6, 6.07) is 15.6. The van der Waals surface area contributed by atoms with Crippen LogP contribution in [0.25, 0.3) is 10.1 Å². The number of amides is 2. The second-order valence-electron chi connectivity index (χ2n) is 6.45. The van der Waals surface area contributed by atoms with E-state index in [-0.39, 0.29) is 12.0 Å². The topological polar surface area (TPSA) is 58.6 Å². The SMILES string of the molecule is CCOC(=O)c1cc2cc(NC(=O)N3CCc4ccccc4C3)ccc2s1. The zero-order chi connectivity index (χ0) is 18.8. The van der Waals surface area contributed by atoms with Crippen LogP contribution < -0.4 is 5.32 Å². The summed E-state index contributed by atoms with van der Waals surface area (Å²) in [6.07, 6.45) is 0.871. The average molecular weight is 380 g/mol. The van der Waals surface area contributed by atoms with Crippen molar-refractivity contribution in [2.45, 2.75) is 19.9 Å². The summed E-state index contributed by atoms with van der Waals surface area (Å²) in [7, 11) is 0. The van der Waals surface area contributed by atoms with Crippen molar-refractivity contribution in [1.29, 1.82) is 0 Å². The average Bonchev–Trinajstić information content (AvgIpc) is 3.11. The Hall–Kier alpha value is -2.86. The van der Waals surface area contributed by atoms with E-state index in [9.17, 15) is 9.59 Å². The van der Waals surface area contributed by atoms with Gasteiger partial charge in [-0.15, -0.1) is 11.3 Å². The van der Waals surface area contributed by atoms with E-state index in [1.54, 1.807) is 6.92 Å². The minimum absolute atomic E-state index is 0.107. The zero-order valence-electron chi connectivity index (χ0n) is 15.0. The number of urea groups is 1. The van der Waals surface area contributed by atoms with Gasteiger partial charge in [0.05, 0.1) is 6.61 Å². The van der Waals surface area contributed by atoms with Gasteiger partial charge in [0.1, 0.15) is 4.88 Å². The second kappa shape index (κ2) is 7.40. The third-order valence-electron chi connectivity index (χ3n) is 4.66. The first-order valence-corrected chi connectivity index (χ1v) is 9.79. The summed E-state index contributed by atoms with van der Waals surface area (Å²) in [4.78, 5) is 26.9. The number of carbonyl (C=O) groups excluding carboxylic acids is 2. The quantitative estimate of drug-likeness (QED) is 0.672. The van der Waals surface area contributed by atoms with Gasteiger partial charge in [-0.05, 0) is 54.1 Å². The number of fused-ring (bicyclic) bond motifs is 2. The lowest BCUT2D eigenvalue weighted by Crippen LogP contribution is -2.38. The van der Waals surface area contributed by atoms with Gasteiger partial charge < -0.3 is 15.0 Å². The fraction of sp³-hybridized carbons (Fsp3) is 0.238. The summed E-state index contributed by atoms with van der Waals surface area (Å²) < 4.78 is 6.04. The standard InChI is InChI=1S/C21H20N2O3S/c1-2-26-20(24)19-12-16-11-17(7-8-18(16)27-19)22-21(25)23-10-9-14-5-3-4-6-15(14)13-23/h3-8,11-12H,2,9-10,13H2,1H3,(H,22,25). The number of carbonyl (C=O) groups is 2. The molecule has 3 aromatic rings. The Morgan fingerprint density at radius 3 is 2.78 bits per heavy atom. The Labute approximate surface area is 161 Å². The predicted octanol–water partition coefficient (Wildman–Crippen LogP) is 4.67. The van der Waals surface area contributed by atoms with Crippen LogP contribution in [0, 0.1) is 0 Å². The van der Waals surface area contributed by atoms with Crippen LogP contribution in [0.1, 0.15) is 27.7 Å². The Morgan fingerprint density at radius 1 is 1.15 bits per heavy atom. The molecule has 0 fully saturated rings. The van der Waals surface area contributed by atoms with Gasteiger partial charge in [0.2, 0.25) is 0 Å². The Balaban J connectivity index is 1.48. The molecule has 0 aliphatic carbocycles. The van der Waals surface area contributed by atoms with Crippen molar-refractivity contribution in [3.8, 4) is 0 Å². The first-order chi connectivity index (χ1) is 13.1. The van der Waals surface area contributed by atoms with E-state index in [1.807, 2.05) is 41.3 Å². The van der Waals surface area contributed by atoms with Crippen LogP contribution in [0.15, 0.2) is 48.5 Å². The van der Waals surface area contributed by atoms with Crippen LogP contribution in [0.4, 0.5) is 10.5 Å². The van der Waals surface area contributed by atoms with Gasteiger partial charge in [0.15, 0.2) is 0 Å². The molecule has 6 heteroatoms. The molecule has 2 heterocycles. The fourth-order valence-corrected chi connectivity index (χ4v) is 4.23. The molecular formula is C21H20N2O3S. The minimum atomic E-state index is -0.309. The molecule has 27 heavy (non-hydrogen) atoms. The molecular weight excluding hydrogens is 360 g/mol. The maximum atomic E-state index is 12.7. The largest absolute Gasteiger partial charge is 0.462 e. The number of rotatable bonds is 3. The van der Waals surface area contributed by atoms with E-state index in [1.165, 1.54) is 22.5 Å². The number of hydrogen-bond donors (Lipinski definition) is 1. The lowest BCUT2D eigenvalue weighted by Gasteiger charge is -2.29. The summed E-state index contributed by atoms with van der Waals surface area (Å²) >= 11 is 1.40. The minimum Gasteiger partial charge on any atom is -0.462 e. The number of nitrogens with zero attached hydrogens (tertiary/aromatic N) is 1. The normalized spacial score (nSPS) is 13.3. The molecule has 1 aliphatic rings. The van der Waals surface area contributed by atoms with E-state index in [4.69, 9.17) is 4.74 Å². The van der Waals surface area contributed by atoms with Crippen LogP contribution in [0.2, 0.25) is 0 Å². The molecule has 0 spiro atoms. The van der Waals surface area contributed by atoms with Gasteiger partial charge >= 0.3 is 12.0 Å². The molecule has 1 N–H and O–H groups in total. The van der Waals surface area contributed by atoms with E-state index < -0.39 is 0 Å². The van der Waals surface area contributed by atoms with Crippen LogP contribution >= 0.6 is 11.3 Å². The number of anilines is 1. The lowest BCUT2D eigenvalue weighted by molar-refractivity contribution is 0.0532. The van der Waals surface area contributed by atoms with Crippen LogP contribution in [-0.2, 0) is 17.7 Å². The van der Waals surface area contributed by atoms with Gasteiger partial charge in [-0.2, -0.15) is 0 Å². The molecule has 0 radical (unpaired) electrons. The highest BCUT2D eigenvalue weighted by atomic mass is 32.1. The van der Waals surface area contributed by atoms with Crippen molar-refractivity contribution >= 4 is 39.1 Å².